The van der Waals surface area contributed by atoms with Crippen molar-refractivity contribution < 1.29 is 4.79 Å². The molecule has 0 saturated heterocycles. The predicted molar refractivity (Wildman–Crippen MR) is 128 cm³/mol. The molecular weight excluding hydrogens is 454 g/mol. The lowest BCUT2D eigenvalue weighted by Gasteiger charge is -2.16. The summed E-state index contributed by atoms with van der Waals surface area (Å²) in [7, 11) is 0. The van der Waals surface area contributed by atoms with Crippen LogP contribution < -0.4 is 16.4 Å². The molecule has 0 atom stereocenters. The highest BCUT2D eigenvalue weighted by Crippen LogP contribution is 2.32. The summed E-state index contributed by atoms with van der Waals surface area (Å²) in [4.78, 5) is 21.9. The lowest BCUT2D eigenvalue weighted by molar-refractivity contribution is 0.102. The van der Waals surface area contributed by atoms with Crippen LogP contribution in [0.5, 0.6) is 0 Å². The molecule has 1 heterocycles. The van der Waals surface area contributed by atoms with Crippen LogP contribution in [0.4, 0.5) is 23.0 Å². The summed E-state index contributed by atoms with van der Waals surface area (Å²) in [5.74, 6) is 0.752. The number of carbonyl (C=O) groups is 1. The number of amides is 1. The third kappa shape index (κ3) is 4.90. The van der Waals surface area contributed by atoms with Gasteiger partial charge in [0.2, 0.25) is 0 Å². The molecule has 0 aliphatic carbocycles. The molecule has 154 valence electrons. The summed E-state index contributed by atoms with van der Waals surface area (Å²) >= 11 is 3.43. The molecule has 0 unspecified atom stereocenters. The summed E-state index contributed by atoms with van der Waals surface area (Å²) in [5.41, 5.74) is 9.89. The van der Waals surface area contributed by atoms with Gasteiger partial charge in [-0.3, -0.25) is 4.79 Å². The van der Waals surface area contributed by atoms with Gasteiger partial charge in [0, 0.05) is 21.3 Å². The summed E-state index contributed by atoms with van der Waals surface area (Å²) in [6, 6.07) is 24.4. The molecule has 4 N–H and O–H groups in total. The van der Waals surface area contributed by atoms with Crippen molar-refractivity contribution in [3.63, 3.8) is 0 Å². The number of rotatable bonds is 5. The van der Waals surface area contributed by atoms with Crippen LogP contribution in [-0.4, -0.2) is 15.9 Å². The Balaban J connectivity index is 1.75. The number of nitrogens with two attached hydrogens (primary N) is 1. The summed E-state index contributed by atoms with van der Waals surface area (Å²) < 4.78 is 0.953. The fourth-order valence-corrected chi connectivity index (χ4v) is 3.23. The third-order valence-corrected chi connectivity index (χ3v) is 5.16. The smallest absolute Gasteiger partial charge is 0.255 e. The third-order valence-electron chi connectivity index (χ3n) is 4.63. The normalized spacial score (nSPS) is 10.5. The average molecular weight is 474 g/mol. The van der Waals surface area contributed by atoms with Crippen LogP contribution in [0.1, 0.15) is 15.9 Å². The van der Waals surface area contributed by atoms with Gasteiger partial charge in [0.05, 0.1) is 0 Å². The minimum Gasteiger partial charge on any atom is -0.382 e. The lowest BCUT2D eigenvalue weighted by atomic mass is 10.2. The number of anilines is 4. The zero-order chi connectivity index (χ0) is 21.8. The van der Waals surface area contributed by atoms with E-state index in [1.807, 2.05) is 61.5 Å². The highest BCUT2D eigenvalue weighted by Gasteiger charge is 2.17. The van der Waals surface area contributed by atoms with Crippen LogP contribution in [-0.2, 0) is 0 Å². The molecule has 0 saturated carbocycles. The molecule has 0 spiro atoms. The maximum Gasteiger partial charge on any atom is 0.255 e. The van der Waals surface area contributed by atoms with Crippen molar-refractivity contribution in [2.45, 2.75) is 6.92 Å². The van der Waals surface area contributed by atoms with Gasteiger partial charge < -0.3 is 16.4 Å². The van der Waals surface area contributed by atoms with Crippen molar-refractivity contribution in [3.05, 3.63) is 94.5 Å². The molecule has 3 aromatic carbocycles. The first kappa shape index (κ1) is 20.6. The summed E-state index contributed by atoms with van der Waals surface area (Å²) in [6.45, 7) is 2.02. The zero-order valence-electron chi connectivity index (χ0n) is 16.8. The summed E-state index contributed by atoms with van der Waals surface area (Å²) in [5, 5.41) is 6.12. The van der Waals surface area contributed by atoms with Gasteiger partial charge in [-0.15, -0.1) is 0 Å². The van der Waals surface area contributed by atoms with Gasteiger partial charge in [-0.1, -0.05) is 64.0 Å². The quantitative estimate of drug-likeness (QED) is 0.340. The van der Waals surface area contributed by atoms with E-state index in [4.69, 9.17) is 5.73 Å². The number of nitrogen functional groups attached to an aromatic ring is 1. The first-order chi connectivity index (χ1) is 15.0. The number of aromatic nitrogens is 2. The minimum atomic E-state index is -0.292. The summed E-state index contributed by atoms with van der Waals surface area (Å²) in [6.07, 6.45) is 0. The highest BCUT2D eigenvalue weighted by molar-refractivity contribution is 9.10. The maximum atomic E-state index is 12.8. The van der Waals surface area contributed by atoms with Gasteiger partial charge >= 0.3 is 0 Å². The number of hydrogen-bond donors (Lipinski definition) is 3. The molecule has 31 heavy (non-hydrogen) atoms. The molecular formula is C24H20BrN5O. The van der Waals surface area contributed by atoms with Crippen molar-refractivity contribution in [3.8, 4) is 11.4 Å². The maximum absolute atomic E-state index is 12.8. The Morgan fingerprint density at radius 1 is 0.903 bits per heavy atom. The van der Waals surface area contributed by atoms with Crippen LogP contribution >= 0.6 is 15.9 Å². The van der Waals surface area contributed by atoms with Crippen LogP contribution in [0.15, 0.2) is 83.3 Å². The molecule has 0 radical (unpaired) electrons. The monoisotopic (exact) mass is 473 g/mol. The van der Waals surface area contributed by atoms with Gasteiger partial charge in [-0.2, -0.15) is 0 Å². The molecule has 6 nitrogen and oxygen atoms in total. The molecule has 0 aliphatic rings. The van der Waals surface area contributed by atoms with Crippen LogP contribution in [0.2, 0.25) is 0 Å². The molecule has 0 bridgehead atoms. The van der Waals surface area contributed by atoms with Crippen molar-refractivity contribution in [2.24, 2.45) is 0 Å². The molecule has 4 aromatic rings. The van der Waals surface area contributed by atoms with E-state index in [1.165, 1.54) is 0 Å². The number of halogens is 1. The van der Waals surface area contributed by atoms with E-state index in [1.54, 1.807) is 24.3 Å². The van der Waals surface area contributed by atoms with E-state index in [0.717, 1.165) is 21.3 Å². The second kappa shape index (κ2) is 8.97. The van der Waals surface area contributed by atoms with Gasteiger partial charge in [0.25, 0.3) is 5.91 Å². The number of nitrogens with zero attached hydrogens (tertiary/aromatic N) is 2. The van der Waals surface area contributed by atoms with Gasteiger partial charge in [0.1, 0.15) is 5.69 Å². The second-order valence-corrected chi connectivity index (χ2v) is 7.89. The SMILES string of the molecule is Cc1ccc(Nc2nc(-c3ccc(Br)cc3)nc(N)c2NC(=O)c2ccccc2)cc1. The topological polar surface area (TPSA) is 92.9 Å². The lowest BCUT2D eigenvalue weighted by Crippen LogP contribution is -2.16. The predicted octanol–water partition coefficient (Wildman–Crippen LogP) is 5.79. The minimum absolute atomic E-state index is 0.173. The molecule has 7 heteroatoms. The van der Waals surface area contributed by atoms with E-state index in [2.05, 4.69) is 36.5 Å². The van der Waals surface area contributed by atoms with E-state index in [9.17, 15) is 4.79 Å². The van der Waals surface area contributed by atoms with Crippen molar-refractivity contribution in [2.75, 3.05) is 16.4 Å². The number of aryl methyl sites for hydroxylation is 1. The Kier molecular flexibility index (Phi) is 5.95. The van der Waals surface area contributed by atoms with Gasteiger partial charge in [-0.25, -0.2) is 9.97 Å². The van der Waals surface area contributed by atoms with E-state index in [0.29, 0.717) is 22.9 Å². The Morgan fingerprint density at radius 3 is 2.26 bits per heavy atom. The number of hydrogen-bond acceptors (Lipinski definition) is 5. The van der Waals surface area contributed by atoms with Gasteiger partial charge in [0.15, 0.2) is 17.5 Å². The number of carbonyl (C=O) groups excluding carboxylic acids is 1. The Morgan fingerprint density at radius 2 is 1.58 bits per heavy atom. The highest BCUT2D eigenvalue weighted by atomic mass is 79.9. The van der Waals surface area contributed by atoms with Crippen molar-refractivity contribution in [1.82, 2.24) is 9.97 Å². The fraction of sp³-hybridized carbons (Fsp3) is 0.0417. The molecule has 0 fully saturated rings. The van der Waals surface area contributed by atoms with Crippen LogP contribution in [0, 0.1) is 6.92 Å². The van der Waals surface area contributed by atoms with Crippen LogP contribution in [0.3, 0.4) is 0 Å². The van der Waals surface area contributed by atoms with E-state index >= 15 is 0 Å². The second-order valence-electron chi connectivity index (χ2n) is 6.97. The number of benzene rings is 3. The standard InChI is InChI=1S/C24H20BrN5O/c1-15-7-13-19(14-8-15)27-23-20(28-24(31)17-5-3-2-4-6-17)21(26)29-22(30-23)16-9-11-18(25)12-10-16/h2-14H,1H3,(H,28,31)(H3,26,27,29,30). The fourth-order valence-electron chi connectivity index (χ4n) is 2.97. The Bertz CT molecular complexity index is 1210. The zero-order valence-corrected chi connectivity index (χ0v) is 18.3. The first-order valence-electron chi connectivity index (χ1n) is 9.63. The van der Waals surface area contributed by atoms with Gasteiger partial charge in [-0.05, 0) is 43.3 Å². The molecule has 1 aromatic heterocycles. The Labute approximate surface area is 188 Å². The van der Waals surface area contributed by atoms with E-state index in [-0.39, 0.29) is 11.7 Å². The van der Waals surface area contributed by atoms with E-state index < -0.39 is 0 Å². The van der Waals surface area contributed by atoms with Crippen molar-refractivity contribution >= 4 is 44.8 Å². The Hall–Kier alpha value is -3.71. The molecule has 1 amide bonds. The van der Waals surface area contributed by atoms with Crippen molar-refractivity contribution in [1.29, 1.82) is 0 Å². The largest absolute Gasteiger partial charge is 0.382 e. The average Bonchev–Trinajstić information content (AvgIpc) is 2.78. The molecule has 4 rings (SSSR count). The van der Waals surface area contributed by atoms with Crippen LogP contribution in [0.25, 0.3) is 11.4 Å². The molecule has 0 aliphatic heterocycles. The first-order valence-corrected chi connectivity index (χ1v) is 10.4. The number of nitrogens with one attached hydrogen (secondary N) is 2.